The van der Waals surface area contributed by atoms with Crippen molar-refractivity contribution >= 4 is 58.9 Å². The highest BCUT2D eigenvalue weighted by Crippen LogP contribution is 2.28. The van der Waals surface area contributed by atoms with E-state index in [2.05, 4.69) is 16.0 Å². The molecule has 0 spiro atoms. The molecule has 0 radical (unpaired) electrons. The molecule has 0 aromatic heterocycles. The summed E-state index contributed by atoms with van der Waals surface area (Å²) in [5.74, 6) is -7.79. The standard InChI is InChI=1S/C64H116N10O11/c1-26-28-29-42(15)56(77)55-43(16)65-47(27-2)61(82)68(19)35-53(76)69(20)48(30-36(3)4)52(75)34-46(40(11)12)60(81)70(21)49(31-37(5)6)58(79)66-44(17)57(78)67-45(18)59(80)71(22)50(32-38(7)8)62(83)72(23)51(33-39(9)10)63(84)73(24)54(41(13)14)64(85)74(55)25/h26,28,36-51,54-56,65,77H,27,29-35H2,1-25H3,(H,66,79)(H,67,78)/b28-26+/t42-,43?,44+,45?,46+,47+,48+,49+,50+,51?,54+,55-,56-/m1/s1. The van der Waals surface area contributed by atoms with E-state index in [1.54, 1.807) is 20.9 Å². The molecule has 1 aliphatic rings. The molecule has 0 saturated carbocycles. The summed E-state index contributed by atoms with van der Waals surface area (Å²) in [4.78, 5) is 156. The lowest BCUT2D eigenvalue weighted by Gasteiger charge is -2.44. The van der Waals surface area contributed by atoms with E-state index in [-0.39, 0.29) is 79.8 Å². The number of hydrogen-bond donors (Lipinski definition) is 4. The van der Waals surface area contributed by atoms with E-state index in [1.165, 1.54) is 90.4 Å². The number of nitrogens with one attached hydrogen (secondary N) is 3. The van der Waals surface area contributed by atoms with Gasteiger partial charge in [0, 0.05) is 67.7 Å². The first-order chi connectivity index (χ1) is 39.2. The normalized spacial score (nSPS) is 28.0. The number of carbonyl (C=O) groups is 10. The van der Waals surface area contributed by atoms with Gasteiger partial charge in [-0.25, -0.2) is 0 Å². The number of likely N-dealkylation sites (N-methyl/N-ethyl adjacent to an activating group) is 7. The van der Waals surface area contributed by atoms with Gasteiger partial charge in [-0.3, -0.25) is 47.9 Å². The van der Waals surface area contributed by atoms with Crippen LogP contribution in [-0.4, -0.2) is 221 Å². The van der Waals surface area contributed by atoms with Crippen LogP contribution in [0.2, 0.25) is 0 Å². The summed E-state index contributed by atoms with van der Waals surface area (Å²) < 4.78 is 0. The number of rotatable bonds is 15. The van der Waals surface area contributed by atoms with Gasteiger partial charge in [0.1, 0.15) is 36.3 Å². The maximum Gasteiger partial charge on any atom is 0.245 e. The van der Waals surface area contributed by atoms with Crippen molar-refractivity contribution in [3.05, 3.63) is 12.2 Å². The fourth-order valence-corrected chi connectivity index (χ4v) is 11.5. The zero-order valence-electron chi connectivity index (χ0n) is 56.9. The Morgan fingerprint density at radius 1 is 0.518 bits per heavy atom. The van der Waals surface area contributed by atoms with Crippen molar-refractivity contribution in [2.75, 3.05) is 55.9 Å². The van der Waals surface area contributed by atoms with E-state index in [9.17, 15) is 43.5 Å². The van der Waals surface area contributed by atoms with Gasteiger partial charge in [-0.2, -0.15) is 0 Å². The SMILES string of the molecule is C/C=C/C[C@@H](C)[C@@H](O)[C@H]1C(C)N[C@@H](CC)C(=O)N(C)CC(=O)N(C)[C@@H](CC(C)C)C(=O)C[C@@H](C(C)C)C(=O)N(C)[C@@H](CC(C)C)C(=O)N[C@@H](C)C(=O)NC(C)C(=O)N(C)[C@@H](CC(C)C)C(=O)N(C)C(CC(C)C)C(=O)N(C)[C@@H](C(C)C)C(=O)N1C. The van der Waals surface area contributed by atoms with Gasteiger partial charge in [-0.15, -0.1) is 0 Å². The Labute approximate surface area is 511 Å². The van der Waals surface area contributed by atoms with Crippen LogP contribution in [0.4, 0.5) is 0 Å². The van der Waals surface area contributed by atoms with Gasteiger partial charge in [0.15, 0.2) is 5.78 Å². The lowest BCUT2D eigenvalue weighted by Crippen LogP contribution is -2.64. The van der Waals surface area contributed by atoms with Crippen molar-refractivity contribution in [1.82, 2.24) is 50.2 Å². The maximum atomic E-state index is 15.3. The Kier molecular flexibility index (Phi) is 32.3. The van der Waals surface area contributed by atoms with Crippen LogP contribution in [0.5, 0.6) is 0 Å². The second kappa shape index (κ2) is 35.4. The molecule has 1 rings (SSSR count). The van der Waals surface area contributed by atoms with E-state index < -0.39 is 138 Å². The van der Waals surface area contributed by atoms with Gasteiger partial charge in [-0.1, -0.05) is 109 Å². The highest BCUT2D eigenvalue weighted by Gasteiger charge is 2.45. The largest absolute Gasteiger partial charge is 0.391 e. The Hall–Kier alpha value is -5.44. The van der Waals surface area contributed by atoms with Crippen molar-refractivity contribution in [2.24, 2.45) is 47.3 Å². The van der Waals surface area contributed by atoms with E-state index in [0.29, 0.717) is 6.42 Å². The molecule has 1 fully saturated rings. The topological polar surface area (TPSA) is 250 Å². The van der Waals surface area contributed by atoms with E-state index in [0.717, 1.165) is 0 Å². The maximum absolute atomic E-state index is 15.3. The average Bonchev–Trinajstić information content (AvgIpc) is 3.62. The van der Waals surface area contributed by atoms with Gasteiger partial charge in [0.2, 0.25) is 53.2 Å². The number of nitrogens with zero attached hydrogens (tertiary/aromatic N) is 7. The first-order valence-electron chi connectivity index (χ1n) is 31.2. The lowest BCUT2D eigenvalue weighted by atomic mass is 9.85. The third-order valence-corrected chi connectivity index (χ3v) is 16.9. The summed E-state index contributed by atoms with van der Waals surface area (Å²) in [6.07, 6.45) is 3.99. The molecule has 4 N–H and O–H groups in total. The van der Waals surface area contributed by atoms with Gasteiger partial charge in [0.05, 0.1) is 30.8 Å². The number of Topliss-reactive ketones (excluding diaryl/α,β-unsaturated/α-hetero) is 1. The molecule has 0 aliphatic carbocycles. The number of hydrogen-bond acceptors (Lipinski definition) is 12. The second-order valence-electron chi connectivity index (χ2n) is 26.9. The number of aliphatic hydroxyl groups is 1. The average molecular weight is 1200 g/mol. The number of allylic oxidation sites excluding steroid dienone is 2. The van der Waals surface area contributed by atoms with Crippen LogP contribution in [0.1, 0.15) is 170 Å². The summed E-state index contributed by atoms with van der Waals surface area (Å²) in [5.41, 5.74) is 0. The Bertz CT molecular complexity index is 2270. The molecule has 0 aromatic carbocycles. The molecule has 85 heavy (non-hydrogen) atoms. The van der Waals surface area contributed by atoms with Crippen molar-refractivity contribution in [3.63, 3.8) is 0 Å². The van der Waals surface area contributed by atoms with Gasteiger partial charge in [-0.05, 0) is 108 Å². The second-order valence-corrected chi connectivity index (χ2v) is 26.9. The van der Waals surface area contributed by atoms with E-state index in [4.69, 9.17) is 0 Å². The molecule has 13 atom stereocenters. The minimum atomic E-state index is -1.19. The predicted octanol–water partition coefficient (Wildman–Crippen LogP) is 5.22. The zero-order chi connectivity index (χ0) is 66.0. The molecule has 3 unspecified atom stereocenters. The minimum Gasteiger partial charge on any atom is -0.391 e. The van der Waals surface area contributed by atoms with E-state index in [1.807, 2.05) is 109 Å². The minimum absolute atomic E-state index is 0.0589. The van der Waals surface area contributed by atoms with Crippen LogP contribution in [-0.2, 0) is 47.9 Å². The Morgan fingerprint density at radius 2 is 0.965 bits per heavy atom. The van der Waals surface area contributed by atoms with Gasteiger partial charge >= 0.3 is 0 Å². The smallest absolute Gasteiger partial charge is 0.245 e. The summed E-state index contributed by atoms with van der Waals surface area (Å²) in [7, 11) is 10.6. The Morgan fingerprint density at radius 3 is 1.42 bits per heavy atom. The first-order valence-corrected chi connectivity index (χ1v) is 31.2. The third kappa shape index (κ3) is 22.0. The van der Waals surface area contributed by atoms with Crippen LogP contribution in [0.25, 0.3) is 0 Å². The molecule has 488 valence electrons. The molecular formula is C64H116N10O11. The summed E-state index contributed by atoms with van der Waals surface area (Å²) in [6.45, 7) is 32.4. The molecule has 9 amide bonds. The summed E-state index contributed by atoms with van der Waals surface area (Å²) >= 11 is 0. The molecular weight excluding hydrogens is 1080 g/mol. The monoisotopic (exact) mass is 1200 g/mol. The number of amides is 9. The third-order valence-electron chi connectivity index (χ3n) is 16.9. The zero-order valence-corrected chi connectivity index (χ0v) is 56.9. The van der Waals surface area contributed by atoms with Crippen LogP contribution in [0, 0.1) is 47.3 Å². The summed E-state index contributed by atoms with van der Waals surface area (Å²) in [6, 6.07) is -10.3. The molecule has 1 saturated heterocycles. The van der Waals surface area contributed by atoms with Gasteiger partial charge in [0.25, 0.3) is 0 Å². The molecule has 0 bridgehead atoms. The van der Waals surface area contributed by atoms with Crippen LogP contribution in [0.3, 0.4) is 0 Å². The molecule has 1 heterocycles. The van der Waals surface area contributed by atoms with Crippen molar-refractivity contribution in [3.8, 4) is 0 Å². The fraction of sp³-hybridized carbons (Fsp3) is 0.812. The molecule has 1 aliphatic heterocycles. The molecule has 21 nitrogen and oxygen atoms in total. The summed E-state index contributed by atoms with van der Waals surface area (Å²) in [5, 5.41) is 21.2. The van der Waals surface area contributed by atoms with Gasteiger partial charge < -0.3 is 55.4 Å². The van der Waals surface area contributed by atoms with Crippen molar-refractivity contribution in [1.29, 1.82) is 0 Å². The lowest BCUT2D eigenvalue weighted by molar-refractivity contribution is -0.156. The van der Waals surface area contributed by atoms with Crippen LogP contribution >= 0.6 is 0 Å². The predicted molar refractivity (Wildman–Crippen MR) is 334 cm³/mol. The van der Waals surface area contributed by atoms with Crippen molar-refractivity contribution < 1.29 is 53.1 Å². The number of aliphatic hydroxyl groups excluding tert-OH is 1. The number of ketones is 1. The number of carbonyl (C=O) groups excluding carboxylic acids is 10. The quantitative estimate of drug-likeness (QED) is 0.154. The highest BCUT2D eigenvalue weighted by molar-refractivity contribution is 5.98. The molecule has 0 aromatic rings. The van der Waals surface area contributed by atoms with E-state index >= 15 is 9.59 Å². The fourth-order valence-electron chi connectivity index (χ4n) is 11.5. The Balaban J connectivity index is 4.32. The van der Waals surface area contributed by atoms with Crippen molar-refractivity contribution in [2.45, 2.75) is 236 Å². The molecule has 21 heteroatoms. The van der Waals surface area contributed by atoms with Crippen LogP contribution in [0.15, 0.2) is 12.2 Å². The van der Waals surface area contributed by atoms with Crippen LogP contribution < -0.4 is 16.0 Å². The first kappa shape index (κ1) is 77.6. The highest BCUT2D eigenvalue weighted by atomic mass is 16.3.